The Morgan fingerprint density at radius 2 is 1.92 bits per heavy atom. The summed E-state index contributed by atoms with van der Waals surface area (Å²) in [5.41, 5.74) is 2.85. The first-order valence-corrected chi connectivity index (χ1v) is 8.34. The number of aliphatic hydroxyl groups is 1. The molecule has 3 rings (SSSR count). The van der Waals surface area contributed by atoms with Crippen LogP contribution in [0.5, 0.6) is 0 Å². The SMILES string of the molecule is CCC(=O)C1=C(O)C(=O)N(c2ccc(C#N)cc2)C1c1cccc(C)c1. The van der Waals surface area contributed by atoms with Crippen LogP contribution in [0, 0.1) is 18.3 Å². The molecule has 1 heterocycles. The number of rotatable bonds is 4. The summed E-state index contributed by atoms with van der Waals surface area (Å²) in [6.07, 6.45) is 0.191. The molecule has 130 valence electrons. The van der Waals surface area contributed by atoms with E-state index in [0.717, 1.165) is 11.1 Å². The summed E-state index contributed by atoms with van der Waals surface area (Å²) >= 11 is 0. The third-order valence-electron chi connectivity index (χ3n) is 4.46. The number of carbonyl (C=O) groups excluding carboxylic acids is 2. The van der Waals surface area contributed by atoms with E-state index in [1.54, 1.807) is 31.2 Å². The maximum absolute atomic E-state index is 12.8. The minimum Gasteiger partial charge on any atom is -0.503 e. The lowest BCUT2D eigenvalue weighted by atomic mass is 9.94. The van der Waals surface area contributed by atoms with E-state index < -0.39 is 17.7 Å². The molecule has 1 aliphatic rings. The summed E-state index contributed by atoms with van der Waals surface area (Å²) in [4.78, 5) is 26.6. The molecule has 2 aromatic rings. The fourth-order valence-electron chi connectivity index (χ4n) is 3.20. The van der Waals surface area contributed by atoms with Crippen LogP contribution in [0.25, 0.3) is 0 Å². The monoisotopic (exact) mass is 346 g/mol. The molecule has 2 aromatic carbocycles. The Morgan fingerprint density at radius 1 is 1.23 bits per heavy atom. The molecule has 0 fully saturated rings. The number of aryl methyl sites for hydroxylation is 1. The number of anilines is 1. The van der Waals surface area contributed by atoms with E-state index in [4.69, 9.17) is 5.26 Å². The van der Waals surface area contributed by atoms with E-state index in [0.29, 0.717) is 11.3 Å². The maximum Gasteiger partial charge on any atom is 0.294 e. The van der Waals surface area contributed by atoms with Gasteiger partial charge in [-0.25, -0.2) is 0 Å². The van der Waals surface area contributed by atoms with Crippen molar-refractivity contribution in [3.63, 3.8) is 0 Å². The van der Waals surface area contributed by atoms with Gasteiger partial charge < -0.3 is 5.11 Å². The molecule has 5 nitrogen and oxygen atoms in total. The van der Waals surface area contributed by atoms with E-state index in [2.05, 4.69) is 0 Å². The highest BCUT2D eigenvalue weighted by Gasteiger charge is 2.43. The molecule has 0 radical (unpaired) electrons. The Labute approximate surface area is 151 Å². The normalized spacial score (nSPS) is 16.7. The van der Waals surface area contributed by atoms with Crippen molar-refractivity contribution in [1.82, 2.24) is 0 Å². The molecule has 1 atom stereocenters. The van der Waals surface area contributed by atoms with Gasteiger partial charge in [-0.3, -0.25) is 14.5 Å². The lowest BCUT2D eigenvalue weighted by Gasteiger charge is -2.27. The molecule has 0 aromatic heterocycles. The van der Waals surface area contributed by atoms with Gasteiger partial charge in [-0.2, -0.15) is 5.26 Å². The third-order valence-corrected chi connectivity index (χ3v) is 4.46. The van der Waals surface area contributed by atoms with Crippen molar-refractivity contribution in [2.75, 3.05) is 4.90 Å². The van der Waals surface area contributed by atoms with Gasteiger partial charge >= 0.3 is 0 Å². The first-order chi connectivity index (χ1) is 12.5. The van der Waals surface area contributed by atoms with Crippen LogP contribution in [0.3, 0.4) is 0 Å². The van der Waals surface area contributed by atoms with Gasteiger partial charge in [0.2, 0.25) is 0 Å². The fraction of sp³-hybridized carbons (Fsp3) is 0.190. The van der Waals surface area contributed by atoms with Crippen LogP contribution in [-0.2, 0) is 9.59 Å². The van der Waals surface area contributed by atoms with Gasteiger partial charge in [0.05, 0.1) is 23.2 Å². The largest absolute Gasteiger partial charge is 0.503 e. The Hall–Kier alpha value is -3.39. The summed E-state index contributed by atoms with van der Waals surface area (Å²) in [6.45, 7) is 3.63. The second-order valence-corrected chi connectivity index (χ2v) is 6.19. The molecule has 5 heteroatoms. The van der Waals surface area contributed by atoms with Gasteiger partial charge in [0, 0.05) is 12.1 Å². The van der Waals surface area contributed by atoms with E-state index in [1.807, 2.05) is 37.3 Å². The lowest BCUT2D eigenvalue weighted by Crippen LogP contribution is -2.31. The second kappa shape index (κ2) is 6.85. The molecule has 1 aliphatic heterocycles. The Balaban J connectivity index is 2.17. The minimum atomic E-state index is -0.692. The molecule has 26 heavy (non-hydrogen) atoms. The minimum absolute atomic E-state index is 0.118. The van der Waals surface area contributed by atoms with Gasteiger partial charge in [0.1, 0.15) is 0 Å². The van der Waals surface area contributed by atoms with E-state index in [9.17, 15) is 14.7 Å². The zero-order chi connectivity index (χ0) is 18.8. The summed E-state index contributed by atoms with van der Waals surface area (Å²) in [7, 11) is 0. The predicted octanol–water partition coefficient (Wildman–Crippen LogP) is 3.75. The molecule has 1 N–H and O–H groups in total. The summed E-state index contributed by atoms with van der Waals surface area (Å²) in [5, 5.41) is 19.4. The molecular weight excluding hydrogens is 328 g/mol. The predicted molar refractivity (Wildman–Crippen MR) is 97.5 cm³/mol. The number of aliphatic hydroxyl groups excluding tert-OH is 1. The van der Waals surface area contributed by atoms with Crippen molar-refractivity contribution < 1.29 is 14.7 Å². The number of nitrogens with zero attached hydrogens (tertiary/aromatic N) is 2. The molecule has 0 saturated heterocycles. The average Bonchev–Trinajstić information content (AvgIpc) is 2.92. The second-order valence-electron chi connectivity index (χ2n) is 6.19. The van der Waals surface area contributed by atoms with Gasteiger partial charge in [0.15, 0.2) is 11.5 Å². The standard InChI is InChI=1S/C21H18N2O3/c1-3-17(24)18-19(15-6-4-5-13(2)11-15)23(21(26)20(18)25)16-9-7-14(12-22)8-10-16/h4-11,19,25H,3H2,1-2H3. The smallest absolute Gasteiger partial charge is 0.294 e. The number of benzene rings is 2. The van der Waals surface area contributed by atoms with Gasteiger partial charge in [-0.15, -0.1) is 0 Å². The van der Waals surface area contributed by atoms with Crippen molar-refractivity contribution in [3.8, 4) is 6.07 Å². The molecular formula is C21H18N2O3. The first kappa shape index (κ1) is 17.4. The Kier molecular flexibility index (Phi) is 4.59. The highest BCUT2D eigenvalue weighted by Crippen LogP contribution is 2.41. The number of hydrogen-bond acceptors (Lipinski definition) is 4. The summed E-state index contributed by atoms with van der Waals surface area (Å²) in [5.74, 6) is -1.38. The van der Waals surface area contributed by atoms with E-state index in [1.165, 1.54) is 4.90 Å². The van der Waals surface area contributed by atoms with E-state index >= 15 is 0 Å². The third kappa shape index (κ3) is 2.86. The molecule has 0 aliphatic carbocycles. The zero-order valence-electron chi connectivity index (χ0n) is 14.6. The highest BCUT2D eigenvalue weighted by molar-refractivity contribution is 6.16. The number of nitriles is 1. The maximum atomic E-state index is 12.8. The fourth-order valence-corrected chi connectivity index (χ4v) is 3.20. The van der Waals surface area contributed by atoms with Gasteiger partial charge in [0.25, 0.3) is 5.91 Å². The topological polar surface area (TPSA) is 81.4 Å². The molecule has 0 saturated carbocycles. The average molecular weight is 346 g/mol. The van der Waals surface area contributed by atoms with Crippen molar-refractivity contribution in [3.05, 3.63) is 76.6 Å². The van der Waals surface area contributed by atoms with Crippen LogP contribution in [0.2, 0.25) is 0 Å². The van der Waals surface area contributed by atoms with E-state index in [-0.39, 0.29) is 17.8 Å². The van der Waals surface area contributed by atoms with Crippen molar-refractivity contribution in [2.45, 2.75) is 26.3 Å². The quantitative estimate of drug-likeness (QED) is 0.914. The number of ketones is 1. The highest BCUT2D eigenvalue weighted by atomic mass is 16.3. The molecule has 0 bridgehead atoms. The van der Waals surface area contributed by atoms with Crippen LogP contribution in [0.4, 0.5) is 5.69 Å². The number of Topliss-reactive ketones (excluding diaryl/α,β-unsaturated/α-hetero) is 1. The van der Waals surface area contributed by atoms with Crippen molar-refractivity contribution in [1.29, 1.82) is 5.26 Å². The summed E-state index contributed by atoms with van der Waals surface area (Å²) < 4.78 is 0. The summed E-state index contributed by atoms with van der Waals surface area (Å²) in [6, 6.07) is 15.4. The number of hydrogen-bond donors (Lipinski definition) is 1. The van der Waals surface area contributed by atoms with Crippen LogP contribution >= 0.6 is 0 Å². The van der Waals surface area contributed by atoms with Gasteiger partial charge in [-0.1, -0.05) is 36.8 Å². The van der Waals surface area contributed by atoms with Crippen LogP contribution in [-0.4, -0.2) is 16.8 Å². The number of amides is 1. The Bertz CT molecular complexity index is 952. The number of carbonyl (C=O) groups is 2. The lowest BCUT2D eigenvalue weighted by molar-refractivity contribution is -0.118. The molecule has 0 spiro atoms. The zero-order valence-corrected chi connectivity index (χ0v) is 14.6. The molecule has 1 amide bonds. The molecule has 1 unspecified atom stereocenters. The van der Waals surface area contributed by atoms with Crippen molar-refractivity contribution in [2.24, 2.45) is 0 Å². The van der Waals surface area contributed by atoms with Gasteiger partial charge in [-0.05, 0) is 36.8 Å². The van der Waals surface area contributed by atoms with Crippen LogP contribution in [0.15, 0.2) is 59.9 Å². The Morgan fingerprint density at radius 3 is 2.50 bits per heavy atom. The van der Waals surface area contributed by atoms with Crippen LogP contribution < -0.4 is 4.90 Å². The first-order valence-electron chi connectivity index (χ1n) is 8.34. The van der Waals surface area contributed by atoms with Crippen LogP contribution in [0.1, 0.15) is 36.1 Å². The van der Waals surface area contributed by atoms with Crippen molar-refractivity contribution >= 4 is 17.4 Å².